The molecule has 1 aliphatic rings. The number of pyridine rings is 1. The van der Waals surface area contributed by atoms with Crippen molar-refractivity contribution < 1.29 is 22.3 Å². The first-order valence-electron chi connectivity index (χ1n) is 11.0. The van der Waals surface area contributed by atoms with Crippen LogP contribution in [0.1, 0.15) is 17.0 Å². The molecule has 0 radical (unpaired) electrons. The van der Waals surface area contributed by atoms with Crippen molar-refractivity contribution in [2.45, 2.75) is 11.7 Å². The van der Waals surface area contributed by atoms with E-state index in [9.17, 15) is 27.2 Å². The van der Waals surface area contributed by atoms with Crippen molar-refractivity contribution in [2.75, 3.05) is 5.32 Å². The number of aromatic amines is 1. The number of aromatic nitrogens is 4. The summed E-state index contributed by atoms with van der Waals surface area (Å²) >= 11 is 12.6. The van der Waals surface area contributed by atoms with Gasteiger partial charge in [-0.3, -0.25) is 14.8 Å². The highest BCUT2D eigenvalue weighted by molar-refractivity contribution is 6.37. The first kappa shape index (κ1) is 26.9. The first-order chi connectivity index (χ1) is 18.9. The van der Waals surface area contributed by atoms with Crippen LogP contribution >= 0.6 is 23.2 Å². The molecule has 0 saturated carbocycles. The van der Waals surface area contributed by atoms with Crippen molar-refractivity contribution >= 4 is 35.0 Å². The van der Waals surface area contributed by atoms with Gasteiger partial charge in [0.2, 0.25) is 5.69 Å². The van der Waals surface area contributed by atoms with E-state index in [1.807, 2.05) is 4.98 Å². The summed E-state index contributed by atoms with van der Waals surface area (Å²) in [7, 11) is 0. The van der Waals surface area contributed by atoms with Crippen LogP contribution in [-0.2, 0) is 5.54 Å². The maximum absolute atomic E-state index is 14.2. The lowest BCUT2D eigenvalue weighted by Gasteiger charge is -2.37. The summed E-state index contributed by atoms with van der Waals surface area (Å²) in [5.74, 6) is -0.771. The summed E-state index contributed by atoms with van der Waals surface area (Å²) in [6, 6.07) is 9.82. The fourth-order valence-corrected chi connectivity index (χ4v) is 4.49. The number of H-pyrrole nitrogens is 1. The third kappa shape index (κ3) is 4.67. The molecule has 0 saturated heterocycles. The van der Waals surface area contributed by atoms with Crippen molar-refractivity contribution in [3.8, 4) is 23.3 Å². The molecule has 3 heterocycles. The van der Waals surface area contributed by atoms with Gasteiger partial charge in [-0.1, -0.05) is 29.3 Å². The molecule has 40 heavy (non-hydrogen) atoms. The summed E-state index contributed by atoms with van der Waals surface area (Å²) in [5.41, 5.74) is -5.41. The summed E-state index contributed by atoms with van der Waals surface area (Å²) in [4.78, 5) is 29.5. The Morgan fingerprint density at radius 3 is 2.45 bits per heavy atom. The van der Waals surface area contributed by atoms with Gasteiger partial charge in [-0.25, -0.2) is 9.18 Å². The van der Waals surface area contributed by atoms with E-state index >= 15 is 0 Å². The van der Waals surface area contributed by atoms with E-state index in [1.165, 1.54) is 36.4 Å². The summed E-state index contributed by atoms with van der Waals surface area (Å²) in [6.45, 7) is 0. The molecule has 15 heteroatoms. The molecule has 5 rings (SSSR count). The van der Waals surface area contributed by atoms with Gasteiger partial charge in [0.05, 0.1) is 21.4 Å². The third-order valence-corrected chi connectivity index (χ3v) is 6.38. The number of hydrogen-bond acceptors (Lipinski definition) is 7. The third-order valence-electron chi connectivity index (χ3n) is 5.82. The fourth-order valence-electron chi connectivity index (χ4n) is 3.94. The largest absolute Gasteiger partial charge is 0.454 e. The Hall–Kier alpha value is -4.67. The predicted octanol–water partition coefficient (Wildman–Crippen LogP) is 5.32. The molecule has 1 unspecified atom stereocenters. The minimum atomic E-state index is -4.86. The Morgan fingerprint density at radius 1 is 1.07 bits per heavy atom. The number of rotatable bonds is 4. The van der Waals surface area contributed by atoms with E-state index in [0.29, 0.717) is 11.6 Å². The number of benzene rings is 2. The van der Waals surface area contributed by atoms with E-state index in [1.54, 1.807) is 6.07 Å². The van der Waals surface area contributed by atoms with Crippen molar-refractivity contribution in [3.63, 3.8) is 0 Å². The first-order valence-corrected chi connectivity index (χ1v) is 11.8. The van der Waals surface area contributed by atoms with Crippen LogP contribution in [-0.4, -0.2) is 25.9 Å². The van der Waals surface area contributed by atoms with Gasteiger partial charge < -0.3 is 10.1 Å². The van der Waals surface area contributed by atoms with Gasteiger partial charge in [0.1, 0.15) is 17.6 Å². The number of nitrogens with zero attached hydrogens (tertiary/aromatic N) is 4. The fraction of sp³-hybridized carbons (Fsp3) is 0.0800. The Bertz CT molecular complexity index is 1840. The lowest BCUT2D eigenvalue weighted by molar-refractivity contribution is -0.169. The van der Waals surface area contributed by atoms with Gasteiger partial charge in [-0.15, -0.1) is 5.10 Å². The quantitative estimate of drug-likeness (QED) is 0.308. The molecule has 2 N–H and O–H groups in total. The topological polar surface area (TPSA) is 126 Å². The molecule has 0 fully saturated rings. The zero-order valence-electron chi connectivity index (χ0n) is 19.6. The van der Waals surface area contributed by atoms with Crippen molar-refractivity contribution in [3.05, 3.63) is 108 Å². The molecule has 0 spiro atoms. The number of anilines is 1. The zero-order valence-corrected chi connectivity index (χ0v) is 21.1. The number of alkyl halides is 3. The van der Waals surface area contributed by atoms with Gasteiger partial charge in [0, 0.05) is 17.4 Å². The van der Waals surface area contributed by atoms with E-state index < -0.39 is 40.2 Å². The maximum Gasteiger partial charge on any atom is 0.420 e. The van der Waals surface area contributed by atoms with Gasteiger partial charge in [-0.2, -0.15) is 23.1 Å². The predicted molar refractivity (Wildman–Crippen MR) is 136 cm³/mol. The number of halogens is 6. The van der Waals surface area contributed by atoms with Crippen molar-refractivity contribution in [2.24, 2.45) is 0 Å². The summed E-state index contributed by atoms with van der Waals surface area (Å²) in [6.07, 6.45) is -1.88. The molecule has 0 aliphatic carbocycles. The van der Waals surface area contributed by atoms with Crippen LogP contribution in [0.25, 0.3) is 11.8 Å². The SMILES string of the molecule is N#Cc1nn(-c2cc(Cl)c(Oc3ccc4c(c3)C=CC(c3cc(F)ccn3)(C(F)(F)F)N4)c(Cl)c2)c(=O)[nH]c1=O. The Kier molecular flexibility index (Phi) is 6.61. The van der Waals surface area contributed by atoms with Gasteiger partial charge in [0.15, 0.2) is 11.3 Å². The normalized spacial score (nSPS) is 16.1. The lowest BCUT2D eigenvalue weighted by Crippen LogP contribution is -2.49. The van der Waals surface area contributed by atoms with Crippen LogP contribution in [0.3, 0.4) is 0 Å². The van der Waals surface area contributed by atoms with Gasteiger partial charge in [0.25, 0.3) is 5.56 Å². The average molecular weight is 591 g/mol. The molecule has 1 atom stereocenters. The van der Waals surface area contributed by atoms with Crippen LogP contribution in [0.15, 0.2) is 64.3 Å². The van der Waals surface area contributed by atoms with Gasteiger partial charge >= 0.3 is 11.9 Å². The monoisotopic (exact) mass is 590 g/mol. The number of nitrogens with one attached hydrogen (secondary N) is 2. The minimum absolute atomic E-state index is 0.0205. The molecule has 0 bridgehead atoms. The number of nitriles is 1. The molecule has 202 valence electrons. The highest BCUT2D eigenvalue weighted by Gasteiger charge is 2.57. The summed E-state index contributed by atoms with van der Waals surface area (Å²) < 4.78 is 62.9. The van der Waals surface area contributed by atoms with E-state index in [0.717, 1.165) is 23.0 Å². The van der Waals surface area contributed by atoms with Crippen molar-refractivity contribution in [1.29, 1.82) is 5.26 Å². The Labute approximate surface area is 230 Å². The molecule has 2 aromatic heterocycles. The van der Waals surface area contributed by atoms with Crippen LogP contribution in [0.4, 0.5) is 23.2 Å². The molecule has 2 aromatic carbocycles. The highest BCUT2D eigenvalue weighted by atomic mass is 35.5. The highest BCUT2D eigenvalue weighted by Crippen LogP contribution is 2.47. The Morgan fingerprint density at radius 2 is 1.80 bits per heavy atom. The molecular formula is C25H12Cl2F4N6O3. The van der Waals surface area contributed by atoms with Crippen LogP contribution in [0.2, 0.25) is 10.0 Å². The smallest absolute Gasteiger partial charge is 0.420 e. The lowest BCUT2D eigenvalue weighted by atomic mass is 9.88. The number of fused-ring (bicyclic) bond motifs is 1. The van der Waals surface area contributed by atoms with Gasteiger partial charge in [-0.05, 0) is 48.5 Å². The molecule has 0 amide bonds. The van der Waals surface area contributed by atoms with Crippen LogP contribution in [0, 0.1) is 17.1 Å². The second kappa shape index (κ2) is 9.82. The summed E-state index contributed by atoms with van der Waals surface area (Å²) in [5, 5.41) is 14.9. The van der Waals surface area contributed by atoms with E-state index in [-0.39, 0.29) is 32.9 Å². The molecule has 9 nitrogen and oxygen atoms in total. The number of hydrogen-bond donors (Lipinski definition) is 2. The standard InChI is InChI=1S/C25H12Cl2F4N6O3/c26-16-9-14(37-23(39)34-22(38)19(11-32)36-37)10-17(27)21(16)40-15-1-2-18-12(7-15)3-5-24(35-18,25(29,30)31)20-8-13(28)4-6-33-20/h1-10,35H,(H,34,38,39). The Balaban J connectivity index is 1.47. The van der Waals surface area contributed by atoms with Crippen LogP contribution < -0.4 is 21.3 Å². The second-order valence-corrected chi connectivity index (χ2v) is 9.16. The maximum atomic E-state index is 14.2. The average Bonchev–Trinajstić information content (AvgIpc) is 2.89. The van der Waals surface area contributed by atoms with Crippen LogP contribution in [0.5, 0.6) is 11.5 Å². The molecule has 4 aromatic rings. The minimum Gasteiger partial charge on any atom is -0.454 e. The van der Waals surface area contributed by atoms with E-state index in [2.05, 4.69) is 15.4 Å². The molecular weight excluding hydrogens is 579 g/mol. The van der Waals surface area contributed by atoms with E-state index in [4.69, 9.17) is 33.2 Å². The van der Waals surface area contributed by atoms with Crippen molar-refractivity contribution in [1.82, 2.24) is 19.7 Å². The zero-order chi connectivity index (χ0) is 28.8. The molecule has 1 aliphatic heterocycles. The number of ether oxygens (including phenoxy) is 1. The second-order valence-electron chi connectivity index (χ2n) is 8.34.